The van der Waals surface area contributed by atoms with E-state index in [1.807, 2.05) is 0 Å². The molecule has 0 saturated heterocycles. The van der Waals surface area contributed by atoms with Gasteiger partial charge < -0.3 is 33.8 Å². The standard InChI is InChI=1S/C68H132O17P2/c1-9-61(8)47-39-31-21-17-14-15-19-23-35-43-51-68(73)85-64(55-79-66(71)49-41-33-27-25-30-38-46-60(6)7)57-83-87(76,77)81-53-62(69)52-80-86(74,75)82-56-63(54-78-65(70)48-40-32-26-24-29-37-45-59(4)5)84-67(72)50-42-34-22-18-13-11-10-12-16-20-28-36-44-58(2)3/h58-64,69H,9-57H2,1-8H3,(H,74,75)(H,76,77)/t61?,62-,63+,64+/m0/s1. The highest BCUT2D eigenvalue weighted by molar-refractivity contribution is 7.47. The van der Waals surface area contributed by atoms with Crippen LogP contribution in [-0.4, -0.2) is 96.7 Å². The molecule has 0 rings (SSSR count). The normalized spacial score (nSPS) is 14.6. The van der Waals surface area contributed by atoms with E-state index < -0.39 is 97.5 Å². The fourth-order valence-corrected chi connectivity index (χ4v) is 11.7. The summed E-state index contributed by atoms with van der Waals surface area (Å²) in [5, 5.41) is 10.6. The van der Waals surface area contributed by atoms with E-state index in [-0.39, 0.29) is 25.7 Å². The number of ether oxygens (including phenoxy) is 4. The fourth-order valence-electron chi connectivity index (χ4n) is 10.1. The lowest BCUT2D eigenvalue weighted by molar-refractivity contribution is -0.161. The maximum atomic E-state index is 13.0. The Labute approximate surface area is 530 Å². The Morgan fingerprint density at radius 2 is 0.552 bits per heavy atom. The van der Waals surface area contributed by atoms with E-state index in [9.17, 15) is 43.2 Å². The molecule has 87 heavy (non-hydrogen) atoms. The lowest BCUT2D eigenvalue weighted by atomic mass is 9.99. The summed E-state index contributed by atoms with van der Waals surface area (Å²) in [5.74, 6) is 0.803. The first-order valence-electron chi connectivity index (χ1n) is 35.2. The smallest absolute Gasteiger partial charge is 0.462 e. The molecule has 0 radical (unpaired) electrons. The molecule has 516 valence electrons. The number of carbonyl (C=O) groups is 4. The van der Waals surface area contributed by atoms with Gasteiger partial charge >= 0.3 is 39.5 Å². The van der Waals surface area contributed by atoms with Gasteiger partial charge in [0.2, 0.25) is 0 Å². The third-order valence-electron chi connectivity index (χ3n) is 15.9. The number of unbranched alkanes of at least 4 members (excludes halogenated alkanes) is 30. The highest BCUT2D eigenvalue weighted by atomic mass is 31.2. The molecule has 0 heterocycles. The van der Waals surface area contributed by atoms with Crippen molar-refractivity contribution in [2.45, 2.75) is 350 Å². The van der Waals surface area contributed by atoms with Crippen LogP contribution in [0.4, 0.5) is 0 Å². The predicted molar refractivity (Wildman–Crippen MR) is 349 cm³/mol. The summed E-state index contributed by atoms with van der Waals surface area (Å²) in [5.41, 5.74) is 0. The van der Waals surface area contributed by atoms with Crippen molar-refractivity contribution in [2.24, 2.45) is 23.7 Å². The van der Waals surface area contributed by atoms with Crippen molar-refractivity contribution in [1.29, 1.82) is 0 Å². The van der Waals surface area contributed by atoms with Crippen LogP contribution in [0.5, 0.6) is 0 Å². The maximum absolute atomic E-state index is 13.0. The summed E-state index contributed by atoms with van der Waals surface area (Å²) >= 11 is 0. The van der Waals surface area contributed by atoms with Crippen LogP contribution in [0.25, 0.3) is 0 Å². The second kappa shape index (κ2) is 57.9. The topological polar surface area (TPSA) is 237 Å². The van der Waals surface area contributed by atoms with Gasteiger partial charge in [-0.15, -0.1) is 0 Å². The van der Waals surface area contributed by atoms with Crippen LogP contribution < -0.4 is 0 Å². The van der Waals surface area contributed by atoms with E-state index in [0.29, 0.717) is 37.5 Å². The number of aliphatic hydroxyl groups excluding tert-OH is 1. The molecule has 6 atom stereocenters. The van der Waals surface area contributed by atoms with Gasteiger partial charge in [0.25, 0.3) is 0 Å². The molecule has 0 aliphatic carbocycles. The molecule has 0 bridgehead atoms. The molecule has 0 aliphatic heterocycles. The lowest BCUT2D eigenvalue weighted by Gasteiger charge is -2.21. The van der Waals surface area contributed by atoms with Crippen molar-refractivity contribution in [3.63, 3.8) is 0 Å². The number of carbonyl (C=O) groups excluding carboxylic acids is 4. The minimum absolute atomic E-state index is 0.104. The Bertz CT molecular complexity index is 1730. The average Bonchev–Trinajstić information content (AvgIpc) is 3.65. The molecular weight excluding hydrogens is 1150 g/mol. The Hall–Kier alpha value is -1.94. The largest absolute Gasteiger partial charge is 0.472 e. The summed E-state index contributed by atoms with van der Waals surface area (Å²) < 4.78 is 68.1. The number of hydrogen-bond acceptors (Lipinski definition) is 15. The molecule has 0 spiro atoms. The molecule has 19 heteroatoms. The summed E-state index contributed by atoms with van der Waals surface area (Å²) in [6, 6.07) is 0. The quantitative estimate of drug-likeness (QED) is 0.0222. The lowest BCUT2D eigenvalue weighted by Crippen LogP contribution is -2.30. The van der Waals surface area contributed by atoms with Crippen LogP contribution in [0.2, 0.25) is 0 Å². The van der Waals surface area contributed by atoms with Crippen LogP contribution in [0.15, 0.2) is 0 Å². The minimum Gasteiger partial charge on any atom is -0.462 e. The van der Waals surface area contributed by atoms with Gasteiger partial charge in [0.1, 0.15) is 19.3 Å². The van der Waals surface area contributed by atoms with Crippen LogP contribution in [-0.2, 0) is 65.4 Å². The molecule has 3 N–H and O–H groups in total. The van der Waals surface area contributed by atoms with E-state index in [0.717, 1.165) is 115 Å². The van der Waals surface area contributed by atoms with Gasteiger partial charge in [-0.1, -0.05) is 280 Å². The second-order valence-electron chi connectivity index (χ2n) is 26.2. The third kappa shape index (κ3) is 61.3. The van der Waals surface area contributed by atoms with Gasteiger partial charge in [0.15, 0.2) is 12.2 Å². The molecule has 0 aromatic heterocycles. The Morgan fingerprint density at radius 1 is 0.322 bits per heavy atom. The molecular formula is C68H132O17P2. The number of rotatable bonds is 65. The van der Waals surface area contributed by atoms with Crippen molar-refractivity contribution >= 4 is 39.5 Å². The first-order valence-corrected chi connectivity index (χ1v) is 38.2. The van der Waals surface area contributed by atoms with Crippen LogP contribution in [0.3, 0.4) is 0 Å². The SMILES string of the molecule is CCC(C)CCCCCCCCCCCCC(=O)O[C@H](COC(=O)CCCCCCCCC(C)C)COP(=O)(O)OC[C@@H](O)COP(=O)(O)OC[C@@H](COC(=O)CCCCCCCCC(C)C)OC(=O)CCCCCCCCCCCCCCC(C)C. The van der Waals surface area contributed by atoms with E-state index in [1.54, 1.807) is 0 Å². The number of esters is 4. The molecule has 0 aromatic carbocycles. The van der Waals surface area contributed by atoms with E-state index in [1.165, 1.54) is 122 Å². The zero-order chi connectivity index (χ0) is 64.7. The highest BCUT2D eigenvalue weighted by Gasteiger charge is 2.30. The molecule has 0 aromatic rings. The van der Waals surface area contributed by atoms with Crippen molar-refractivity contribution < 1.29 is 80.2 Å². The molecule has 0 saturated carbocycles. The van der Waals surface area contributed by atoms with Crippen molar-refractivity contribution in [3.05, 3.63) is 0 Å². The molecule has 17 nitrogen and oxygen atoms in total. The van der Waals surface area contributed by atoms with Crippen molar-refractivity contribution in [2.75, 3.05) is 39.6 Å². The van der Waals surface area contributed by atoms with Gasteiger partial charge in [-0.3, -0.25) is 37.3 Å². The first kappa shape index (κ1) is 85.1. The Kier molecular flexibility index (Phi) is 56.6. The second-order valence-corrected chi connectivity index (χ2v) is 29.1. The van der Waals surface area contributed by atoms with Gasteiger partial charge in [-0.2, -0.15) is 0 Å². The monoisotopic (exact) mass is 1280 g/mol. The minimum atomic E-state index is -4.95. The predicted octanol–water partition coefficient (Wildman–Crippen LogP) is 18.9. The zero-order valence-electron chi connectivity index (χ0n) is 56.6. The van der Waals surface area contributed by atoms with E-state index in [4.69, 9.17) is 37.0 Å². The average molecular weight is 1280 g/mol. The van der Waals surface area contributed by atoms with Gasteiger partial charge in [-0.25, -0.2) is 9.13 Å². The Balaban J connectivity index is 5.23. The summed E-state index contributed by atoms with van der Waals surface area (Å²) in [4.78, 5) is 72.4. The van der Waals surface area contributed by atoms with Crippen LogP contribution >= 0.6 is 15.6 Å². The third-order valence-corrected chi connectivity index (χ3v) is 17.8. The van der Waals surface area contributed by atoms with Crippen molar-refractivity contribution in [3.8, 4) is 0 Å². The van der Waals surface area contributed by atoms with Crippen LogP contribution in [0.1, 0.15) is 331 Å². The van der Waals surface area contributed by atoms with Gasteiger partial charge in [0, 0.05) is 25.7 Å². The van der Waals surface area contributed by atoms with Crippen LogP contribution in [0, 0.1) is 23.7 Å². The number of phosphoric acid groups is 2. The number of phosphoric ester groups is 2. The summed E-state index contributed by atoms with van der Waals surface area (Å²) in [6.45, 7) is 14.0. The highest BCUT2D eigenvalue weighted by Crippen LogP contribution is 2.45. The van der Waals surface area contributed by atoms with E-state index in [2.05, 4.69) is 55.4 Å². The Morgan fingerprint density at radius 3 is 0.816 bits per heavy atom. The fraction of sp³-hybridized carbons (Fsp3) is 0.941. The molecule has 0 aliphatic rings. The van der Waals surface area contributed by atoms with Crippen molar-refractivity contribution in [1.82, 2.24) is 0 Å². The zero-order valence-corrected chi connectivity index (χ0v) is 58.4. The number of aliphatic hydroxyl groups is 1. The summed E-state index contributed by atoms with van der Waals surface area (Å²) in [7, 11) is -9.90. The molecule has 0 fully saturated rings. The molecule has 3 unspecified atom stereocenters. The van der Waals surface area contributed by atoms with E-state index >= 15 is 0 Å². The summed E-state index contributed by atoms with van der Waals surface area (Å²) in [6.07, 6.45) is 39.1. The maximum Gasteiger partial charge on any atom is 0.472 e. The van der Waals surface area contributed by atoms with Gasteiger partial charge in [0.05, 0.1) is 26.4 Å². The van der Waals surface area contributed by atoms with Gasteiger partial charge in [-0.05, 0) is 49.4 Å². The first-order chi connectivity index (χ1) is 41.6. The number of hydrogen-bond donors (Lipinski definition) is 3. The molecule has 0 amide bonds.